The van der Waals surface area contributed by atoms with Crippen molar-refractivity contribution in [2.24, 2.45) is 50.2 Å². The second-order valence-electron chi connectivity index (χ2n) is 24.0. The average molecular weight is 935 g/mol. The molecule has 4 unspecified atom stereocenters. The Morgan fingerprint density at radius 1 is 0.697 bits per heavy atom. The number of esters is 2. The smallest absolute Gasteiger partial charge is 0.338 e. The highest BCUT2D eigenvalue weighted by Crippen LogP contribution is 2.76. The SMILES string of the molecule is CCCCCCCCCCOC(=O)[C@H]1O[C@@H](O[C@H]2CC[C@@]3(C)C(CC[C@]4(C)C3CC=C3C5CC(C)(C)CC[C@]5(C(=O)O[C@@H]5O[C@H](CO)[C@@H](O)[C@H](O)[C@H]5O)CCC34C)C2(C)C)[C@H](O)[C@@H](O)[C@@H]1O. The average Bonchev–Trinajstić information content (AvgIpc) is 3.26. The standard InChI is InChI=1S/C52H86O14/c1-9-10-11-12-13-14-15-16-27-62-43(60)42-39(57)38(56)41(59)45(65-42)64-35-20-21-49(6)33(48(35,4)5)19-22-51(8)34(49)18-17-30-31-28-47(2,3)23-25-52(31,26-24-50(30,51)7)46(61)66-44-40(58)37(55)36(54)32(29-53)63-44/h17,31-42,44-45,53-59H,9-16,18-29H2,1-8H3/t31?,32-,33?,34?,35+,36-,37+,38+,39+,40-,41-,42+,44+,45-,49+,50?,51-,52+/m1/s1. The van der Waals surface area contributed by atoms with Gasteiger partial charge in [0.05, 0.1) is 24.7 Å². The lowest BCUT2D eigenvalue weighted by Gasteiger charge is -2.71. The zero-order valence-electron chi connectivity index (χ0n) is 41.3. The molecule has 6 fully saturated rings. The molecular weight excluding hydrogens is 849 g/mol. The van der Waals surface area contributed by atoms with Crippen LogP contribution in [0.5, 0.6) is 0 Å². The lowest BCUT2D eigenvalue weighted by Crippen LogP contribution is -2.66. The number of carbonyl (C=O) groups excluding carboxylic acids is 2. The maximum Gasteiger partial charge on any atom is 0.338 e. The van der Waals surface area contributed by atoms with Gasteiger partial charge in [0.15, 0.2) is 12.4 Å². The van der Waals surface area contributed by atoms with Crippen LogP contribution in [0.15, 0.2) is 11.6 Å². The molecule has 2 heterocycles. The summed E-state index contributed by atoms with van der Waals surface area (Å²) in [5.74, 6) is -0.796. The number of hydrogen-bond acceptors (Lipinski definition) is 14. The zero-order valence-corrected chi connectivity index (χ0v) is 41.3. The zero-order chi connectivity index (χ0) is 48.2. The van der Waals surface area contributed by atoms with E-state index in [1.807, 2.05) is 0 Å². The van der Waals surface area contributed by atoms with Gasteiger partial charge in [-0.05, 0) is 115 Å². The highest BCUT2D eigenvalue weighted by atomic mass is 16.7. The number of fused-ring (bicyclic) bond motifs is 7. The molecule has 7 aliphatic rings. The molecule has 14 nitrogen and oxygen atoms in total. The van der Waals surface area contributed by atoms with E-state index in [-0.39, 0.29) is 51.6 Å². The maximum atomic E-state index is 14.7. The van der Waals surface area contributed by atoms with Crippen molar-refractivity contribution in [3.05, 3.63) is 11.6 Å². The predicted molar refractivity (Wildman–Crippen MR) is 244 cm³/mol. The highest BCUT2D eigenvalue weighted by Gasteiger charge is 2.70. The quantitative estimate of drug-likeness (QED) is 0.0433. The van der Waals surface area contributed by atoms with Crippen LogP contribution in [0.4, 0.5) is 0 Å². The summed E-state index contributed by atoms with van der Waals surface area (Å²) in [6, 6.07) is 0. The Bertz CT molecular complexity index is 1730. The lowest BCUT2D eigenvalue weighted by molar-refractivity contribution is -0.324. The van der Waals surface area contributed by atoms with Gasteiger partial charge in [-0.25, -0.2) is 4.79 Å². The van der Waals surface area contributed by atoms with Crippen molar-refractivity contribution in [3.63, 3.8) is 0 Å². The third kappa shape index (κ3) is 9.10. The highest BCUT2D eigenvalue weighted by molar-refractivity contribution is 5.79. The Balaban J connectivity index is 1.05. The van der Waals surface area contributed by atoms with E-state index in [9.17, 15) is 45.3 Å². The van der Waals surface area contributed by atoms with Crippen molar-refractivity contribution < 1.29 is 69.0 Å². The van der Waals surface area contributed by atoms with E-state index in [1.54, 1.807) is 0 Å². The maximum absolute atomic E-state index is 14.7. The van der Waals surface area contributed by atoms with E-state index >= 15 is 0 Å². The lowest BCUT2D eigenvalue weighted by atomic mass is 9.33. The summed E-state index contributed by atoms with van der Waals surface area (Å²) in [4.78, 5) is 27.9. The first-order chi connectivity index (χ1) is 31.0. The van der Waals surface area contributed by atoms with E-state index < -0.39 is 85.4 Å². The van der Waals surface area contributed by atoms with E-state index in [4.69, 9.17) is 23.7 Å². The molecule has 378 valence electrons. The van der Waals surface area contributed by atoms with Crippen LogP contribution in [0.25, 0.3) is 0 Å². The van der Waals surface area contributed by atoms with Gasteiger partial charge in [-0.1, -0.05) is 112 Å². The van der Waals surface area contributed by atoms with E-state index in [0.29, 0.717) is 31.6 Å². The van der Waals surface area contributed by atoms with Crippen LogP contribution >= 0.6 is 0 Å². The van der Waals surface area contributed by atoms with Crippen molar-refractivity contribution in [2.45, 2.75) is 238 Å². The number of aliphatic hydroxyl groups excluding tert-OH is 7. The molecule has 2 aliphatic heterocycles. The molecule has 0 aromatic heterocycles. The molecule has 2 saturated heterocycles. The fourth-order valence-electron chi connectivity index (χ4n) is 15.0. The summed E-state index contributed by atoms with van der Waals surface area (Å²) in [6.45, 7) is 18.1. The van der Waals surface area contributed by atoms with E-state index in [2.05, 4.69) is 61.5 Å². The minimum atomic E-state index is -1.67. The van der Waals surface area contributed by atoms with Gasteiger partial charge in [-0.2, -0.15) is 0 Å². The molecule has 66 heavy (non-hydrogen) atoms. The Morgan fingerprint density at radius 3 is 2.02 bits per heavy atom. The summed E-state index contributed by atoms with van der Waals surface area (Å²) in [7, 11) is 0. The van der Waals surface area contributed by atoms with Crippen molar-refractivity contribution in [2.75, 3.05) is 13.2 Å². The van der Waals surface area contributed by atoms with Crippen molar-refractivity contribution in [1.29, 1.82) is 0 Å². The number of unbranched alkanes of at least 4 members (excludes halogenated alkanes) is 7. The Morgan fingerprint density at radius 2 is 1.33 bits per heavy atom. The van der Waals surface area contributed by atoms with E-state index in [0.717, 1.165) is 64.2 Å². The molecule has 18 atom stereocenters. The summed E-state index contributed by atoms with van der Waals surface area (Å²) < 4.78 is 29.9. The van der Waals surface area contributed by atoms with Gasteiger partial charge in [0.2, 0.25) is 6.29 Å². The minimum Gasteiger partial charge on any atom is -0.464 e. The molecule has 0 radical (unpaired) electrons. The molecule has 0 spiro atoms. The number of aliphatic hydroxyl groups is 7. The number of ether oxygens (including phenoxy) is 5. The van der Waals surface area contributed by atoms with Crippen LogP contribution in [0.3, 0.4) is 0 Å². The van der Waals surface area contributed by atoms with Gasteiger partial charge in [0, 0.05) is 0 Å². The summed E-state index contributed by atoms with van der Waals surface area (Å²) in [5.41, 5.74) is -0.378. The van der Waals surface area contributed by atoms with Crippen molar-refractivity contribution in [1.82, 2.24) is 0 Å². The Kier molecular flexibility index (Phi) is 15.7. The summed E-state index contributed by atoms with van der Waals surface area (Å²) in [5, 5.41) is 74.6. The first-order valence-electron chi connectivity index (χ1n) is 25.8. The van der Waals surface area contributed by atoms with Gasteiger partial charge in [-0.3, -0.25) is 4.79 Å². The number of allylic oxidation sites excluding steroid dienone is 2. The van der Waals surface area contributed by atoms with Gasteiger partial charge < -0.3 is 59.4 Å². The molecule has 0 aromatic rings. The molecule has 0 bridgehead atoms. The monoisotopic (exact) mass is 935 g/mol. The van der Waals surface area contributed by atoms with Crippen LogP contribution in [-0.2, 0) is 33.3 Å². The molecular formula is C52H86O14. The molecule has 0 aromatic carbocycles. The van der Waals surface area contributed by atoms with Crippen molar-refractivity contribution >= 4 is 11.9 Å². The van der Waals surface area contributed by atoms with Gasteiger partial charge in [0.1, 0.15) is 42.7 Å². The molecule has 7 N–H and O–H groups in total. The fourth-order valence-corrected chi connectivity index (χ4v) is 15.0. The summed E-state index contributed by atoms with van der Waals surface area (Å²) >= 11 is 0. The second-order valence-corrected chi connectivity index (χ2v) is 24.0. The summed E-state index contributed by atoms with van der Waals surface area (Å²) in [6.07, 6.45) is 3.43. The number of hydrogen-bond donors (Lipinski definition) is 7. The molecule has 14 heteroatoms. The van der Waals surface area contributed by atoms with Gasteiger partial charge in [-0.15, -0.1) is 0 Å². The fraction of sp³-hybridized carbons (Fsp3) is 0.923. The van der Waals surface area contributed by atoms with E-state index in [1.165, 1.54) is 31.3 Å². The molecule has 0 amide bonds. The van der Waals surface area contributed by atoms with Crippen LogP contribution in [0, 0.1) is 50.2 Å². The van der Waals surface area contributed by atoms with Crippen LogP contribution in [0.1, 0.15) is 171 Å². The first kappa shape index (κ1) is 52.1. The molecule has 7 rings (SSSR count). The largest absolute Gasteiger partial charge is 0.464 e. The number of rotatable bonds is 15. The third-order valence-corrected chi connectivity index (χ3v) is 19.4. The predicted octanol–water partition coefficient (Wildman–Crippen LogP) is 6.01. The van der Waals surface area contributed by atoms with Crippen LogP contribution in [0.2, 0.25) is 0 Å². The Hall–Kier alpha value is -1.72. The second kappa shape index (κ2) is 19.8. The van der Waals surface area contributed by atoms with Crippen molar-refractivity contribution in [3.8, 4) is 0 Å². The van der Waals surface area contributed by atoms with Gasteiger partial charge in [0.25, 0.3) is 0 Å². The van der Waals surface area contributed by atoms with Crippen LogP contribution < -0.4 is 0 Å². The molecule has 5 aliphatic carbocycles. The van der Waals surface area contributed by atoms with Gasteiger partial charge >= 0.3 is 11.9 Å². The third-order valence-electron chi connectivity index (χ3n) is 19.4. The molecule has 4 saturated carbocycles. The number of carbonyl (C=O) groups is 2. The topological polar surface area (TPSA) is 222 Å². The van der Waals surface area contributed by atoms with Crippen LogP contribution in [-0.4, -0.2) is 128 Å². The Labute approximate surface area is 393 Å². The minimum absolute atomic E-state index is 0.0302. The first-order valence-corrected chi connectivity index (χ1v) is 25.8. The normalized spacial score (nSPS) is 46.1.